The number of nitrogens with two attached hydrogens (primary N) is 1. The van der Waals surface area contributed by atoms with E-state index in [0.29, 0.717) is 0 Å². The second kappa shape index (κ2) is 3.02. The number of aliphatic hydroxyl groups is 1. The molecule has 1 rings (SSSR count). The zero-order valence-corrected chi connectivity index (χ0v) is 6.78. The molecule has 62 valence electrons. The van der Waals surface area contributed by atoms with Crippen molar-refractivity contribution in [2.75, 3.05) is 6.54 Å². The summed E-state index contributed by atoms with van der Waals surface area (Å²) in [5.41, 5.74) is 6.96. The van der Waals surface area contributed by atoms with Crippen molar-refractivity contribution in [1.29, 1.82) is 0 Å². The van der Waals surface area contributed by atoms with Crippen molar-refractivity contribution in [3.05, 3.63) is 17.5 Å². The largest absolute Gasteiger partial charge is 0.385 e. The van der Waals surface area contributed by atoms with Crippen molar-refractivity contribution >= 4 is 0 Å². The molecule has 1 aromatic heterocycles. The van der Waals surface area contributed by atoms with Crippen LogP contribution in [-0.4, -0.2) is 21.4 Å². The lowest BCUT2D eigenvalue weighted by atomic mass is 10.2. The fourth-order valence-corrected chi connectivity index (χ4v) is 1.06. The van der Waals surface area contributed by atoms with Crippen molar-refractivity contribution in [3.63, 3.8) is 0 Å². The van der Waals surface area contributed by atoms with Gasteiger partial charge in [-0.3, -0.25) is 4.68 Å². The third kappa shape index (κ3) is 1.58. The molecule has 4 nitrogen and oxygen atoms in total. The van der Waals surface area contributed by atoms with Gasteiger partial charge in [0.15, 0.2) is 0 Å². The van der Waals surface area contributed by atoms with Crippen LogP contribution in [0.25, 0.3) is 0 Å². The normalized spacial score (nSPS) is 13.5. The van der Waals surface area contributed by atoms with Crippen LogP contribution in [0.4, 0.5) is 0 Å². The summed E-state index contributed by atoms with van der Waals surface area (Å²) >= 11 is 0. The van der Waals surface area contributed by atoms with E-state index in [1.807, 2.05) is 13.0 Å². The van der Waals surface area contributed by atoms with E-state index >= 15 is 0 Å². The van der Waals surface area contributed by atoms with Gasteiger partial charge in [-0.25, -0.2) is 0 Å². The summed E-state index contributed by atoms with van der Waals surface area (Å²) < 4.78 is 1.65. The molecule has 0 fully saturated rings. The maximum Gasteiger partial charge on any atom is 0.108 e. The summed E-state index contributed by atoms with van der Waals surface area (Å²) in [4.78, 5) is 0. The lowest BCUT2D eigenvalue weighted by Crippen LogP contribution is -2.14. The average molecular weight is 155 g/mol. The van der Waals surface area contributed by atoms with Crippen LogP contribution < -0.4 is 5.73 Å². The highest BCUT2D eigenvalue weighted by molar-refractivity contribution is 5.11. The zero-order valence-electron chi connectivity index (χ0n) is 6.78. The van der Waals surface area contributed by atoms with Gasteiger partial charge in [-0.15, -0.1) is 0 Å². The van der Waals surface area contributed by atoms with Gasteiger partial charge in [-0.1, -0.05) is 0 Å². The van der Waals surface area contributed by atoms with E-state index in [9.17, 15) is 5.11 Å². The van der Waals surface area contributed by atoms with E-state index in [0.717, 1.165) is 11.4 Å². The first-order valence-corrected chi connectivity index (χ1v) is 3.54. The zero-order chi connectivity index (χ0) is 8.43. The van der Waals surface area contributed by atoms with Crippen LogP contribution in [0, 0.1) is 6.92 Å². The monoisotopic (exact) mass is 155 g/mol. The van der Waals surface area contributed by atoms with Gasteiger partial charge in [-0.05, 0) is 13.0 Å². The van der Waals surface area contributed by atoms with E-state index in [1.165, 1.54) is 0 Å². The van der Waals surface area contributed by atoms with Crippen LogP contribution in [0.3, 0.4) is 0 Å². The number of rotatable bonds is 2. The highest BCUT2D eigenvalue weighted by Gasteiger charge is 2.09. The Bertz CT molecular complexity index is 244. The first kappa shape index (κ1) is 8.23. The number of aromatic nitrogens is 2. The number of aliphatic hydroxyl groups excluding tert-OH is 1. The van der Waals surface area contributed by atoms with Crippen LogP contribution in [-0.2, 0) is 7.05 Å². The minimum atomic E-state index is -0.596. The van der Waals surface area contributed by atoms with Crippen molar-refractivity contribution in [3.8, 4) is 0 Å². The smallest absolute Gasteiger partial charge is 0.108 e. The first-order chi connectivity index (χ1) is 5.15. The fourth-order valence-electron chi connectivity index (χ4n) is 1.06. The molecule has 4 heteroatoms. The van der Waals surface area contributed by atoms with Crippen LogP contribution in [0.1, 0.15) is 17.5 Å². The Morgan fingerprint density at radius 3 is 2.82 bits per heavy atom. The van der Waals surface area contributed by atoms with Crippen molar-refractivity contribution in [1.82, 2.24) is 9.78 Å². The third-order valence-electron chi connectivity index (χ3n) is 1.60. The molecule has 0 saturated heterocycles. The Kier molecular flexibility index (Phi) is 2.26. The summed E-state index contributed by atoms with van der Waals surface area (Å²) in [6, 6.07) is 1.83. The SMILES string of the molecule is Cc1cc([C@H](O)CN)n(C)n1. The van der Waals surface area contributed by atoms with Crippen LogP contribution in [0.2, 0.25) is 0 Å². The first-order valence-electron chi connectivity index (χ1n) is 3.54. The topological polar surface area (TPSA) is 64.1 Å². The fraction of sp³-hybridized carbons (Fsp3) is 0.571. The molecule has 0 aliphatic rings. The average Bonchev–Trinajstić information content (AvgIpc) is 2.28. The van der Waals surface area contributed by atoms with E-state index in [-0.39, 0.29) is 6.54 Å². The van der Waals surface area contributed by atoms with Crippen molar-refractivity contribution in [2.45, 2.75) is 13.0 Å². The Balaban J connectivity index is 2.93. The second-order valence-corrected chi connectivity index (χ2v) is 2.59. The number of hydrogen-bond donors (Lipinski definition) is 2. The standard InChI is InChI=1S/C7H13N3O/c1-5-3-6(7(11)4-8)10(2)9-5/h3,7,11H,4,8H2,1-2H3/t7-/m1/s1. The van der Waals surface area contributed by atoms with Gasteiger partial charge in [-0.2, -0.15) is 5.10 Å². The van der Waals surface area contributed by atoms with E-state index in [4.69, 9.17) is 5.73 Å². The van der Waals surface area contributed by atoms with Crippen molar-refractivity contribution in [2.24, 2.45) is 12.8 Å². The molecule has 0 amide bonds. The Labute approximate surface area is 65.6 Å². The van der Waals surface area contributed by atoms with Crippen LogP contribution in [0.15, 0.2) is 6.07 Å². The molecule has 0 saturated carbocycles. The quantitative estimate of drug-likeness (QED) is 0.617. The molecule has 0 radical (unpaired) electrons. The molecule has 0 bridgehead atoms. The lowest BCUT2D eigenvalue weighted by molar-refractivity contribution is 0.177. The molecule has 0 spiro atoms. The highest BCUT2D eigenvalue weighted by Crippen LogP contribution is 2.10. The molecule has 11 heavy (non-hydrogen) atoms. The maximum absolute atomic E-state index is 9.34. The van der Waals surface area contributed by atoms with E-state index < -0.39 is 6.10 Å². The maximum atomic E-state index is 9.34. The minimum Gasteiger partial charge on any atom is -0.385 e. The Hall–Kier alpha value is -0.870. The van der Waals surface area contributed by atoms with Crippen LogP contribution in [0.5, 0.6) is 0 Å². The summed E-state index contributed by atoms with van der Waals surface area (Å²) in [6.45, 7) is 2.12. The molecule has 1 heterocycles. The van der Waals surface area contributed by atoms with Gasteiger partial charge in [0.25, 0.3) is 0 Å². The lowest BCUT2D eigenvalue weighted by Gasteiger charge is -2.06. The van der Waals surface area contributed by atoms with E-state index in [2.05, 4.69) is 5.10 Å². The van der Waals surface area contributed by atoms with Gasteiger partial charge < -0.3 is 10.8 Å². The second-order valence-electron chi connectivity index (χ2n) is 2.59. The summed E-state index contributed by atoms with van der Waals surface area (Å²) in [7, 11) is 1.79. The molecule has 1 aromatic rings. The summed E-state index contributed by atoms with van der Waals surface area (Å²) in [5.74, 6) is 0. The molecular weight excluding hydrogens is 142 g/mol. The molecule has 0 aromatic carbocycles. The number of aryl methyl sites for hydroxylation is 2. The molecule has 0 aliphatic carbocycles. The van der Waals surface area contributed by atoms with Gasteiger partial charge in [0.2, 0.25) is 0 Å². The third-order valence-corrected chi connectivity index (χ3v) is 1.60. The van der Waals surface area contributed by atoms with Gasteiger partial charge in [0.1, 0.15) is 6.10 Å². The van der Waals surface area contributed by atoms with E-state index in [1.54, 1.807) is 11.7 Å². The van der Waals surface area contributed by atoms with Gasteiger partial charge in [0.05, 0.1) is 11.4 Å². The number of hydrogen-bond acceptors (Lipinski definition) is 3. The molecule has 0 aliphatic heterocycles. The predicted octanol–water partition coefficient (Wildman–Crippen LogP) is -0.279. The molecule has 3 N–H and O–H groups in total. The molecule has 1 atom stereocenters. The Morgan fingerprint density at radius 2 is 2.45 bits per heavy atom. The minimum absolute atomic E-state index is 0.235. The summed E-state index contributed by atoms with van der Waals surface area (Å²) in [6.07, 6.45) is -0.596. The highest BCUT2D eigenvalue weighted by atomic mass is 16.3. The van der Waals surface area contributed by atoms with Crippen molar-refractivity contribution < 1.29 is 5.11 Å². The predicted molar refractivity (Wildman–Crippen MR) is 42.0 cm³/mol. The van der Waals surface area contributed by atoms with Gasteiger partial charge >= 0.3 is 0 Å². The Morgan fingerprint density at radius 1 is 1.82 bits per heavy atom. The van der Waals surface area contributed by atoms with Gasteiger partial charge in [0, 0.05) is 13.6 Å². The summed E-state index contributed by atoms with van der Waals surface area (Å²) in [5, 5.41) is 13.4. The molecular formula is C7H13N3O. The van der Waals surface area contributed by atoms with Crippen LogP contribution >= 0.6 is 0 Å². The molecule has 0 unspecified atom stereocenters. The number of nitrogens with zero attached hydrogens (tertiary/aromatic N) is 2.